The van der Waals surface area contributed by atoms with Crippen molar-refractivity contribution in [3.05, 3.63) is 35.9 Å². The van der Waals surface area contributed by atoms with Gasteiger partial charge in [0.05, 0.1) is 12.7 Å². The van der Waals surface area contributed by atoms with Gasteiger partial charge in [0, 0.05) is 5.92 Å². The lowest BCUT2D eigenvalue weighted by atomic mass is 9.78. The Kier molecular flexibility index (Phi) is 3.67. The van der Waals surface area contributed by atoms with Crippen LogP contribution in [0.4, 0.5) is 0 Å². The molecule has 0 radical (unpaired) electrons. The highest BCUT2D eigenvalue weighted by Gasteiger charge is 2.33. The van der Waals surface area contributed by atoms with E-state index in [4.69, 9.17) is 9.47 Å². The van der Waals surface area contributed by atoms with E-state index in [1.165, 1.54) is 31.2 Å². The zero-order valence-corrected chi connectivity index (χ0v) is 11.0. The minimum atomic E-state index is 0.0664. The third-order valence-corrected chi connectivity index (χ3v) is 4.29. The van der Waals surface area contributed by atoms with Crippen LogP contribution >= 0.6 is 0 Å². The van der Waals surface area contributed by atoms with Crippen LogP contribution in [0.2, 0.25) is 0 Å². The van der Waals surface area contributed by atoms with Crippen LogP contribution in [0.3, 0.4) is 0 Å². The molecule has 1 aromatic rings. The molecule has 0 spiro atoms. The second-order valence-electron chi connectivity index (χ2n) is 5.67. The second-order valence-corrected chi connectivity index (χ2v) is 5.67. The summed E-state index contributed by atoms with van der Waals surface area (Å²) in [7, 11) is 0. The number of ether oxygens (including phenoxy) is 2. The van der Waals surface area contributed by atoms with Crippen LogP contribution in [-0.4, -0.2) is 19.0 Å². The lowest BCUT2D eigenvalue weighted by Gasteiger charge is -2.31. The highest BCUT2D eigenvalue weighted by molar-refractivity contribution is 5.19. The van der Waals surface area contributed by atoms with Gasteiger partial charge in [-0.15, -0.1) is 0 Å². The molecule has 98 valence electrons. The molecule has 2 nitrogen and oxygen atoms in total. The summed E-state index contributed by atoms with van der Waals surface area (Å²) in [4.78, 5) is 0. The second kappa shape index (κ2) is 5.41. The minimum absolute atomic E-state index is 0.0664. The number of rotatable bonds is 2. The molecular weight excluding hydrogens is 224 g/mol. The van der Waals surface area contributed by atoms with E-state index in [2.05, 4.69) is 37.3 Å². The molecule has 1 saturated heterocycles. The van der Waals surface area contributed by atoms with Crippen molar-refractivity contribution < 1.29 is 9.47 Å². The Morgan fingerprint density at radius 1 is 1.00 bits per heavy atom. The molecule has 0 bridgehead atoms. The maximum absolute atomic E-state index is 5.82. The predicted molar refractivity (Wildman–Crippen MR) is 71.4 cm³/mol. The first-order chi connectivity index (χ1) is 8.83. The van der Waals surface area contributed by atoms with Gasteiger partial charge in [-0.3, -0.25) is 0 Å². The largest absolute Gasteiger partial charge is 0.350 e. The average Bonchev–Trinajstić information content (AvgIpc) is 2.87. The summed E-state index contributed by atoms with van der Waals surface area (Å²) < 4.78 is 11.5. The predicted octanol–water partition coefficient (Wildman–Crippen LogP) is 3.72. The van der Waals surface area contributed by atoms with E-state index < -0.39 is 0 Å². The standard InChI is InChI=1S/C16H22O2/c1-12-11-17-16(18-12)15-9-7-14(8-10-15)13-5-3-2-4-6-13/h2-6,12,14-16H,7-11H2,1H3. The molecule has 2 fully saturated rings. The summed E-state index contributed by atoms with van der Waals surface area (Å²) >= 11 is 0. The van der Waals surface area contributed by atoms with Crippen molar-refractivity contribution in [2.45, 2.75) is 50.9 Å². The highest BCUT2D eigenvalue weighted by Crippen LogP contribution is 2.39. The molecule has 2 unspecified atom stereocenters. The maximum Gasteiger partial charge on any atom is 0.160 e. The fourth-order valence-corrected chi connectivity index (χ4v) is 3.23. The molecule has 18 heavy (non-hydrogen) atoms. The Balaban J connectivity index is 1.55. The molecule has 2 aliphatic rings. The van der Waals surface area contributed by atoms with E-state index in [9.17, 15) is 0 Å². The van der Waals surface area contributed by atoms with Gasteiger partial charge in [-0.05, 0) is 44.1 Å². The molecule has 1 aliphatic carbocycles. The van der Waals surface area contributed by atoms with Gasteiger partial charge in [0.2, 0.25) is 0 Å². The summed E-state index contributed by atoms with van der Waals surface area (Å²) in [6.45, 7) is 2.86. The first-order valence-electron chi connectivity index (χ1n) is 7.15. The zero-order chi connectivity index (χ0) is 12.4. The lowest BCUT2D eigenvalue weighted by Crippen LogP contribution is -2.26. The van der Waals surface area contributed by atoms with Gasteiger partial charge >= 0.3 is 0 Å². The van der Waals surface area contributed by atoms with E-state index in [-0.39, 0.29) is 12.4 Å². The van der Waals surface area contributed by atoms with Crippen LogP contribution in [-0.2, 0) is 9.47 Å². The fraction of sp³-hybridized carbons (Fsp3) is 0.625. The lowest BCUT2D eigenvalue weighted by molar-refractivity contribution is -0.103. The van der Waals surface area contributed by atoms with Crippen molar-refractivity contribution in [3.63, 3.8) is 0 Å². The maximum atomic E-state index is 5.82. The Labute approximate surface area is 109 Å². The summed E-state index contributed by atoms with van der Waals surface area (Å²) in [5.41, 5.74) is 1.50. The van der Waals surface area contributed by atoms with Gasteiger partial charge in [0.25, 0.3) is 0 Å². The Hall–Kier alpha value is -0.860. The quantitative estimate of drug-likeness (QED) is 0.791. The average molecular weight is 246 g/mol. The van der Waals surface area contributed by atoms with Crippen LogP contribution in [0, 0.1) is 5.92 Å². The van der Waals surface area contributed by atoms with Crippen molar-refractivity contribution >= 4 is 0 Å². The number of benzene rings is 1. The topological polar surface area (TPSA) is 18.5 Å². The van der Waals surface area contributed by atoms with Gasteiger partial charge in [0.15, 0.2) is 6.29 Å². The highest BCUT2D eigenvalue weighted by atomic mass is 16.7. The van der Waals surface area contributed by atoms with Crippen LogP contribution < -0.4 is 0 Å². The van der Waals surface area contributed by atoms with Gasteiger partial charge < -0.3 is 9.47 Å². The molecule has 1 aromatic carbocycles. The number of hydrogen-bond acceptors (Lipinski definition) is 2. The normalized spacial score (nSPS) is 36.7. The molecule has 3 rings (SSSR count). The van der Waals surface area contributed by atoms with E-state index >= 15 is 0 Å². The SMILES string of the molecule is CC1COC(C2CCC(c3ccccc3)CC2)O1. The zero-order valence-electron chi connectivity index (χ0n) is 11.0. The van der Waals surface area contributed by atoms with Crippen molar-refractivity contribution in [2.75, 3.05) is 6.61 Å². The minimum Gasteiger partial charge on any atom is -0.350 e. The van der Waals surface area contributed by atoms with Gasteiger partial charge in [-0.1, -0.05) is 30.3 Å². The van der Waals surface area contributed by atoms with Crippen molar-refractivity contribution in [3.8, 4) is 0 Å². The van der Waals surface area contributed by atoms with E-state index in [0.29, 0.717) is 5.92 Å². The first-order valence-corrected chi connectivity index (χ1v) is 7.15. The van der Waals surface area contributed by atoms with Crippen molar-refractivity contribution in [1.29, 1.82) is 0 Å². The third-order valence-electron chi connectivity index (χ3n) is 4.29. The van der Waals surface area contributed by atoms with Crippen molar-refractivity contribution in [2.24, 2.45) is 5.92 Å². The van der Waals surface area contributed by atoms with E-state index in [1.54, 1.807) is 0 Å². The summed E-state index contributed by atoms with van der Waals surface area (Å²) in [6, 6.07) is 10.9. The fourth-order valence-electron chi connectivity index (χ4n) is 3.23. The summed E-state index contributed by atoms with van der Waals surface area (Å²) in [5, 5.41) is 0. The number of hydrogen-bond donors (Lipinski definition) is 0. The molecule has 2 heteroatoms. The van der Waals surface area contributed by atoms with Crippen LogP contribution in [0.15, 0.2) is 30.3 Å². The molecule has 1 aliphatic heterocycles. The molecule has 1 heterocycles. The van der Waals surface area contributed by atoms with Crippen LogP contribution in [0.25, 0.3) is 0 Å². The first kappa shape index (κ1) is 12.2. The van der Waals surface area contributed by atoms with Crippen LogP contribution in [0.5, 0.6) is 0 Å². The van der Waals surface area contributed by atoms with Gasteiger partial charge in [0.1, 0.15) is 0 Å². The van der Waals surface area contributed by atoms with Gasteiger partial charge in [-0.2, -0.15) is 0 Å². The molecule has 0 aromatic heterocycles. The summed E-state index contributed by atoms with van der Waals surface area (Å²) in [6.07, 6.45) is 5.35. The van der Waals surface area contributed by atoms with E-state index in [0.717, 1.165) is 12.5 Å². The molecule has 0 amide bonds. The smallest absolute Gasteiger partial charge is 0.160 e. The molecule has 2 atom stereocenters. The molecular formula is C16H22O2. The Morgan fingerprint density at radius 3 is 2.33 bits per heavy atom. The summed E-state index contributed by atoms with van der Waals surface area (Å²) in [5.74, 6) is 1.34. The van der Waals surface area contributed by atoms with Crippen molar-refractivity contribution in [1.82, 2.24) is 0 Å². The molecule has 0 N–H and O–H groups in total. The molecule has 1 saturated carbocycles. The van der Waals surface area contributed by atoms with E-state index in [1.807, 2.05) is 0 Å². The van der Waals surface area contributed by atoms with Crippen LogP contribution in [0.1, 0.15) is 44.1 Å². The Morgan fingerprint density at radius 2 is 1.72 bits per heavy atom. The Bertz CT molecular complexity index is 368. The monoisotopic (exact) mass is 246 g/mol. The third kappa shape index (κ3) is 2.60. The van der Waals surface area contributed by atoms with Gasteiger partial charge in [-0.25, -0.2) is 0 Å².